The first-order chi connectivity index (χ1) is 10.8. The molecule has 0 spiro atoms. The summed E-state index contributed by atoms with van der Waals surface area (Å²) in [5.41, 5.74) is -1.56. The van der Waals surface area contributed by atoms with Crippen molar-refractivity contribution in [2.75, 3.05) is 26.2 Å². The minimum Gasteiger partial charge on any atom is -0.352 e. The Kier molecular flexibility index (Phi) is 5.67. The summed E-state index contributed by atoms with van der Waals surface area (Å²) in [5.74, 6) is 0.0371. The molecule has 1 amide bonds. The van der Waals surface area contributed by atoms with E-state index in [2.05, 4.69) is 22.2 Å². The normalized spacial score (nSPS) is 17.4. The van der Waals surface area contributed by atoms with Crippen molar-refractivity contribution in [3.8, 4) is 0 Å². The number of aromatic nitrogens is 2. The quantitative estimate of drug-likeness (QED) is 0.842. The molecule has 1 saturated heterocycles. The van der Waals surface area contributed by atoms with E-state index in [0.717, 1.165) is 42.9 Å². The molecule has 1 aliphatic heterocycles. The molecule has 0 bridgehead atoms. The average Bonchev–Trinajstić information content (AvgIpc) is 2.87. The molecular weight excluding hydrogens is 309 g/mol. The van der Waals surface area contributed by atoms with Crippen molar-refractivity contribution >= 4 is 5.91 Å². The summed E-state index contributed by atoms with van der Waals surface area (Å²) in [5, 5.41) is 5.89. The molecule has 0 radical (unpaired) electrons. The standard InChI is InChI=1S/C15H23F3N4O/c1-11-4-8-22(9-5-11)7-3-6-19-14(23)12-10-21(2)20-13(12)15(16,17)18/h10-11H,3-9H2,1-2H3,(H,19,23). The number of nitrogens with one attached hydrogen (secondary N) is 1. The number of carbonyl (C=O) groups is 1. The molecule has 2 rings (SSSR count). The van der Waals surface area contributed by atoms with Gasteiger partial charge in [0.15, 0.2) is 5.69 Å². The highest BCUT2D eigenvalue weighted by Gasteiger charge is 2.38. The fourth-order valence-corrected chi connectivity index (χ4v) is 2.75. The van der Waals surface area contributed by atoms with Gasteiger partial charge in [-0.15, -0.1) is 0 Å². The minimum absolute atomic E-state index is 0.358. The number of amides is 1. The smallest absolute Gasteiger partial charge is 0.352 e. The van der Waals surface area contributed by atoms with E-state index in [1.54, 1.807) is 0 Å². The highest BCUT2D eigenvalue weighted by molar-refractivity contribution is 5.95. The maximum atomic E-state index is 12.8. The maximum absolute atomic E-state index is 12.8. The molecule has 2 heterocycles. The van der Waals surface area contributed by atoms with Gasteiger partial charge in [-0.3, -0.25) is 9.48 Å². The van der Waals surface area contributed by atoms with Crippen molar-refractivity contribution in [1.29, 1.82) is 0 Å². The molecule has 0 atom stereocenters. The number of aryl methyl sites for hydroxylation is 1. The Hall–Kier alpha value is -1.57. The van der Waals surface area contributed by atoms with Gasteiger partial charge in [-0.2, -0.15) is 18.3 Å². The van der Waals surface area contributed by atoms with Crippen LogP contribution >= 0.6 is 0 Å². The van der Waals surface area contributed by atoms with E-state index in [9.17, 15) is 18.0 Å². The first-order valence-electron chi connectivity index (χ1n) is 7.88. The van der Waals surface area contributed by atoms with Gasteiger partial charge in [0.1, 0.15) is 0 Å². The van der Waals surface area contributed by atoms with Gasteiger partial charge in [0.2, 0.25) is 0 Å². The van der Waals surface area contributed by atoms with Crippen molar-refractivity contribution in [2.24, 2.45) is 13.0 Å². The van der Waals surface area contributed by atoms with Crippen molar-refractivity contribution in [2.45, 2.75) is 32.4 Å². The predicted octanol–water partition coefficient (Wildman–Crippen LogP) is 2.29. The summed E-state index contributed by atoms with van der Waals surface area (Å²) in [6.45, 7) is 5.55. The van der Waals surface area contributed by atoms with Gasteiger partial charge in [0, 0.05) is 19.8 Å². The van der Waals surface area contributed by atoms with Crippen LogP contribution in [0.25, 0.3) is 0 Å². The lowest BCUT2D eigenvalue weighted by molar-refractivity contribution is -0.141. The van der Waals surface area contributed by atoms with Crippen molar-refractivity contribution < 1.29 is 18.0 Å². The Morgan fingerprint density at radius 2 is 2.04 bits per heavy atom. The van der Waals surface area contributed by atoms with Gasteiger partial charge >= 0.3 is 6.18 Å². The second-order valence-corrected chi connectivity index (χ2v) is 6.20. The molecule has 0 aliphatic carbocycles. The number of piperidine rings is 1. The molecule has 0 unspecified atom stereocenters. The van der Waals surface area contributed by atoms with E-state index in [1.807, 2.05) is 0 Å². The Bertz CT molecular complexity index is 533. The zero-order valence-corrected chi connectivity index (χ0v) is 13.5. The van der Waals surface area contributed by atoms with E-state index in [1.165, 1.54) is 19.9 Å². The van der Waals surface area contributed by atoms with Gasteiger partial charge in [0.25, 0.3) is 5.91 Å². The Morgan fingerprint density at radius 1 is 1.39 bits per heavy atom. The third kappa shape index (κ3) is 4.95. The molecule has 1 N–H and O–H groups in total. The van der Waals surface area contributed by atoms with E-state index >= 15 is 0 Å². The zero-order chi connectivity index (χ0) is 17.0. The van der Waals surface area contributed by atoms with Crippen LogP contribution in [0.1, 0.15) is 42.2 Å². The lowest BCUT2D eigenvalue weighted by atomic mass is 9.99. The van der Waals surface area contributed by atoms with Crippen molar-refractivity contribution in [1.82, 2.24) is 20.0 Å². The number of rotatable bonds is 5. The Balaban J connectivity index is 1.79. The zero-order valence-electron chi connectivity index (χ0n) is 13.5. The van der Waals surface area contributed by atoms with Crippen LogP contribution < -0.4 is 5.32 Å². The number of likely N-dealkylation sites (tertiary alicyclic amines) is 1. The van der Waals surface area contributed by atoms with E-state index < -0.39 is 23.3 Å². The molecule has 23 heavy (non-hydrogen) atoms. The van der Waals surface area contributed by atoms with Crippen molar-refractivity contribution in [3.63, 3.8) is 0 Å². The lowest BCUT2D eigenvalue weighted by Gasteiger charge is -2.30. The van der Waals surface area contributed by atoms with Gasteiger partial charge < -0.3 is 10.2 Å². The summed E-state index contributed by atoms with van der Waals surface area (Å²) >= 11 is 0. The molecule has 0 aromatic carbocycles. The first-order valence-corrected chi connectivity index (χ1v) is 7.88. The molecule has 8 heteroatoms. The highest BCUT2D eigenvalue weighted by Crippen LogP contribution is 2.30. The molecule has 130 valence electrons. The van der Waals surface area contributed by atoms with Crippen LogP contribution in [0.5, 0.6) is 0 Å². The molecule has 1 aromatic heterocycles. The van der Waals surface area contributed by atoms with Crippen LogP contribution in [0.3, 0.4) is 0 Å². The topological polar surface area (TPSA) is 50.2 Å². The lowest BCUT2D eigenvalue weighted by Crippen LogP contribution is -2.35. The molecule has 5 nitrogen and oxygen atoms in total. The monoisotopic (exact) mass is 332 g/mol. The van der Waals surface area contributed by atoms with E-state index in [4.69, 9.17) is 0 Å². The highest BCUT2D eigenvalue weighted by atomic mass is 19.4. The SMILES string of the molecule is CC1CCN(CCCNC(=O)c2cn(C)nc2C(F)(F)F)CC1. The number of halogens is 3. The van der Waals surface area contributed by atoms with Crippen LogP contribution in [-0.2, 0) is 13.2 Å². The summed E-state index contributed by atoms with van der Waals surface area (Å²) in [6.07, 6.45) is -0.446. The third-order valence-electron chi connectivity index (χ3n) is 4.15. The maximum Gasteiger partial charge on any atom is 0.435 e. The number of alkyl halides is 3. The van der Waals surface area contributed by atoms with Crippen molar-refractivity contribution in [3.05, 3.63) is 17.5 Å². The summed E-state index contributed by atoms with van der Waals surface area (Å²) in [4.78, 5) is 14.3. The Morgan fingerprint density at radius 3 is 2.65 bits per heavy atom. The Labute approximate surface area is 133 Å². The average molecular weight is 332 g/mol. The van der Waals surface area contributed by atoms with Crippen LogP contribution in [0, 0.1) is 5.92 Å². The third-order valence-corrected chi connectivity index (χ3v) is 4.15. The van der Waals surface area contributed by atoms with E-state index in [0.29, 0.717) is 6.54 Å². The summed E-state index contributed by atoms with van der Waals surface area (Å²) in [7, 11) is 1.36. The predicted molar refractivity (Wildman–Crippen MR) is 80.0 cm³/mol. The van der Waals surface area contributed by atoms with Gasteiger partial charge in [-0.1, -0.05) is 6.92 Å². The second-order valence-electron chi connectivity index (χ2n) is 6.20. The number of hydrogen-bond donors (Lipinski definition) is 1. The van der Waals surface area contributed by atoms with Gasteiger partial charge in [-0.05, 0) is 44.8 Å². The van der Waals surface area contributed by atoms with Gasteiger partial charge in [-0.25, -0.2) is 0 Å². The number of carbonyl (C=O) groups excluding carboxylic acids is 1. The van der Waals surface area contributed by atoms with Crippen LogP contribution in [0.15, 0.2) is 6.20 Å². The largest absolute Gasteiger partial charge is 0.435 e. The molecule has 1 aromatic rings. The summed E-state index contributed by atoms with van der Waals surface area (Å²) < 4.78 is 39.5. The van der Waals surface area contributed by atoms with Crippen LogP contribution in [0.4, 0.5) is 13.2 Å². The fraction of sp³-hybridized carbons (Fsp3) is 0.733. The van der Waals surface area contributed by atoms with E-state index in [-0.39, 0.29) is 0 Å². The van der Waals surface area contributed by atoms with Crippen LogP contribution in [0.2, 0.25) is 0 Å². The molecular formula is C15H23F3N4O. The minimum atomic E-state index is -4.63. The fourth-order valence-electron chi connectivity index (χ4n) is 2.75. The molecule has 0 saturated carbocycles. The second kappa shape index (κ2) is 7.33. The summed E-state index contributed by atoms with van der Waals surface area (Å²) in [6, 6.07) is 0. The van der Waals surface area contributed by atoms with Gasteiger partial charge in [0.05, 0.1) is 5.56 Å². The number of nitrogens with zero attached hydrogens (tertiary/aromatic N) is 3. The first kappa shape index (κ1) is 17.8. The molecule has 1 fully saturated rings. The molecule has 1 aliphatic rings. The van der Waals surface area contributed by atoms with Crippen LogP contribution in [-0.4, -0.2) is 46.8 Å². The number of hydrogen-bond acceptors (Lipinski definition) is 3.